The molecule has 0 amide bonds. The molecule has 6 heteroatoms. The van der Waals surface area contributed by atoms with E-state index in [1.165, 1.54) is 74.8 Å². The molecule has 5 fully saturated rings. The van der Waals surface area contributed by atoms with E-state index >= 15 is 0 Å². The normalized spacial score (nSPS) is 32.5. The number of benzene rings is 3. The van der Waals surface area contributed by atoms with Gasteiger partial charge in [0, 0.05) is 42.7 Å². The number of hydrogen-bond acceptors (Lipinski definition) is 6. The van der Waals surface area contributed by atoms with Crippen molar-refractivity contribution in [2.24, 2.45) is 23.2 Å². The summed E-state index contributed by atoms with van der Waals surface area (Å²) in [4.78, 5) is 18.4. The van der Waals surface area contributed by atoms with Gasteiger partial charge in [0.1, 0.15) is 5.75 Å². The maximum atomic E-state index is 12.7. The maximum absolute atomic E-state index is 12.7. The van der Waals surface area contributed by atoms with Crippen molar-refractivity contribution in [3.05, 3.63) is 89.0 Å². The van der Waals surface area contributed by atoms with Crippen LogP contribution in [0, 0.1) is 23.2 Å². The molecule has 0 radical (unpaired) electrons. The van der Waals surface area contributed by atoms with Gasteiger partial charge in [0.15, 0.2) is 11.5 Å². The second kappa shape index (κ2) is 10.8. The minimum atomic E-state index is -0.321. The van der Waals surface area contributed by atoms with Crippen LogP contribution in [0.2, 0.25) is 0 Å². The Bertz CT molecular complexity index is 1650. The van der Waals surface area contributed by atoms with Crippen molar-refractivity contribution >= 4 is 5.97 Å². The van der Waals surface area contributed by atoms with Gasteiger partial charge in [-0.25, -0.2) is 4.79 Å². The molecule has 6 aliphatic rings. The highest BCUT2D eigenvalue weighted by Crippen LogP contribution is 2.77. The first kappa shape index (κ1) is 28.8. The molecule has 0 aromatic heterocycles. The number of esters is 1. The van der Waals surface area contributed by atoms with Gasteiger partial charge >= 0.3 is 5.97 Å². The van der Waals surface area contributed by atoms with Gasteiger partial charge in [0.05, 0.1) is 19.3 Å². The smallest absolute Gasteiger partial charge is 0.338 e. The Kier molecular flexibility index (Phi) is 6.80. The van der Waals surface area contributed by atoms with Crippen molar-refractivity contribution in [2.75, 3.05) is 33.4 Å². The Morgan fingerprint density at radius 3 is 2.65 bits per heavy atom. The fourth-order valence-electron chi connectivity index (χ4n) is 11.4. The van der Waals surface area contributed by atoms with Gasteiger partial charge in [0.25, 0.3) is 0 Å². The first-order valence-electron chi connectivity index (χ1n) is 17.7. The van der Waals surface area contributed by atoms with Crippen molar-refractivity contribution in [2.45, 2.75) is 75.9 Å². The van der Waals surface area contributed by atoms with Crippen LogP contribution < -0.4 is 9.47 Å². The second-order valence-corrected chi connectivity index (χ2v) is 15.0. The van der Waals surface area contributed by atoms with Crippen molar-refractivity contribution < 1.29 is 19.0 Å². The van der Waals surface area contributed by atoms with E-state index in [0.717, 1.165) is 30.4 Å². The molecular formula is C40H46N2O4. The molecule has 9 rings (SSSR count). The molecule has 4 bridgehead atoms. The quantitative estimate of drug-likeness (QED) is 0.236. The average Bonchev–Trinajstić information content (AvgIpc) is 3.78. The molecule has 6 nitrogen and oxygen atoms in total. The van der Waals surface area contributed by atoms with E-state index in [9.17, 15) is 4.79 Å². The number of nitrogens with zero attached hydrogens (tertiary/aromatic N) is 2. The van der Waals surface area contributed by atoms with Gasteiger partial charge in [-0.15, -0.1) is 0 Å². The number of rotatable bonds is 9. The van der Waals surface area contributed by atoms with E-state index in [1.54, 1.807) is 13.2 Å². The Morgan fingerprint density at radius 1 is 0.978 bits per heavy atom. The SMILES string of the molecule is CCOC(=O)c1cccc(Oc2c(OC)ccc3c2C24CCN(CC5CC5)C(C3)C23CCC2C4[C@@H](CN2Cc2ccccc2)C3)c1. The zero-order chi connectivity index (χ0) is 31.0. The molecular weight excluding hydrogens is 572 g/mol. The molecule has 3 aromatic rings. The molecule has 3 aromatic carbocycles. The summed E-state index contributed by atoms with van der Waals surface area (Å²) in [5, 5.41) is 0. The third-order valence-corrected chi connectivity index (χ3v) is 13.0. The molecule has 2 heterocycles. The van der Waals surface area contributed by atoms with Gasteiger partial charge in [-0.3, -0.25) is 9.80 Å². The number of likely N-dealkylation sites (tertiary alicyclic amines) is 2. The van der Waals surface area contributed by atoms with Crippen LogP contribution in [0.3, 0.4) is 0 Å². The summed E-state index contributed by atoms with van der Waals surface area (Å²) in [7, 11) is 1.77. The number of piperidine rings is 1. The molecule has 4 aliphatic carbocycles. The van der Waals surface area contributed by atoms with Gasteiger partial charge in [-0.05, 0) is 117 Å². The average molecular weight is 619 g/mol. The lowest BCUT2D eigenvalue weighted by Crippen LogP contribution is -2.69. The second-order valence-electron chi connectivity index (χ2n) is 15.0. The number of methoxy groups -OCH3 is 1. The predicted molar refractivity (Wildman–Crippen MR) is 177 cm³/mol. The Morgan fingerprint density at radius 2 is 1.85 bits per heavy atom. The summed E-state index contributed by atoms with van der Waals surface area (Å²) in [6, 6.07) is 24.2. The first-order chi connectivity index (χ1) is 22.5. The van der Waals surface area contributed by atoms with E-state index in [0.29, 0.717) is 41.8 Å². The van der Waals surface area contributed by atoms with Gasteiger partial charge in [0.2, 0.25) is 0 Å². The summed E-state index contributed by atoms with van der Waals surface area (Å²) in [5.41, 5.74) is 5.11. The summed E-state index contributed by atoms with van der Waals surface area (Å²) >= 11 is 0. The topological polar surface area (TPSA) is 51.2 Å². The third kappa shape index (κ3) is 4.18. The molecule has 46 heavy (non-hydrogen) atoms. The lowest BCUT2D eigenvalue weighted by molar-refractivity contribution is -0.106. The first-order valence-corrected chi connectivity index (χ1v) is 17.7. The maximum Gasteiger partial charge on any atom is 0.338 e. The van der Waals surface area contributed by atoms with Crippen LogP contribution in [0.4, 0.5) is 0 Å². The monoisotopic (exact) mass is 618 g/mol. The molecule has 240 valence electrons. The standard InChI is InChI=1S/C40H46N2O4/c1-3-45-38(43)29-10-7-11-31(20-29)46-37-33(44-2)15-14-28-21-34-39-17-16-32-35(30(22-39)25-42(32)24-26-8-5-4-6-9-26)40(39,36(28)37)18-19-41(34)23-27-12-13-27/h4-11,14-15,20,27,30,32,34-35H,3,12-13,16-19,21-25H2,1-2H3/t30-,32?,34?,35?,39?,40?/m1/s1. The lowest BCUT2D eigenvalue weighted by Gasteiger charge is -2.66. The molecule has 3 saturated carbocycles. The third-order valence-electron chi connectivity index (χ3n) is 13.0. The fourth-order valence-corrected chi connectivity index (χ4v) is 11.4. The summed E-state index contributed by atoms with van der Waals surface area (Å²) in [5.74, 6) is 4.20. The number of carbonyl (C=O) groups excluding carboxylic acids is 1. The van der Waals surface area contributed by atoms with Crippen LogP contribution >= 0.6 is 0 Å². The number of fused-ring (bicyclic) bond motifs is 1. The molecule has 6 atom stereocenters. The minimum Gasteiger partial charge on any atom is -0.493 e. The van der Waals surface area contributed by atoms with Crippen LogP contribution in [0.1, 0.15) is 72.5 Å². The van der Waals surface area contributed by atoms with Crippen molar-refractivity contribution in [3.8, 4) is 17.2 Å². The van der Waals surface area contributed by atoms with Crippen molar-refractivity contribution in [1.82, 2.24) is 9.80 Å². The van der Waals surface area contributed by atoms with Crippen LogP contribution in [-0.4, -0.2) is 61.2 Å². The molecule has 2 aliphatic heterocycles. The van der Waals surface area contributed by atoms with Gasteiger partial charge in [-0.1, -0.05) is 42.5 Å². The zero-order valence-corrected chi connectivity index (χ0v) is 27.3. The Labute approximate surface area is 273 Å². The van der Waals surface area contributed by atoms with E-state index in [-0.39, 0.29) is 16.8 Å². The van der Waals surface area contributed by atoms with Crippen LogP contribution in [0.5, 0.6) is 17.2 Å². The van der Waals surface area contributed by atoms with Crippen molar-refractivity contribution in [1.29, 1.82) is 0 Å². The van der Waals surface area contributed by atoms with E-state index in [1.807, 2.05) is 25.1 Å². The summed E-state index contributed by atoms with van der Waals surface area (Å²) < 4.78 is 18.4. The number of ether oxygens (including phenoxy) is 3. The minimum absolute atomic E-state index is 0.0486. The van der Waals surface area contributed by atoms with Crippen molar-refractivity contribution in [3.63, 3.8) is 0 Å². The van der Waals surface area contributed by atoms with E-state index in [4.69, 9.17) is 14.2 Å². The largest absolute Gasteiger partial charge is 0.493 e. The Hall–Kier alpha value is -3.35. The van der Waals surface area contributed by atoms with Crippen LogP contribution in [0.25, 0.3) is 0 Å². The zero-order valence-electron chi connectivity index (χ0n) is 27.3. The van der Waals surface area contributed by atoms with E-state index < -0.39 is 0 Å². The number of carbonyl (C=O) groups is 1. The summed E-state index contributed by atoms with van der Waals surface area (Å²) in [6.45, 7) is 6.86. The van der Waals surface area contributed by atoms with Crippen LogP contribution in [-0.2, 0) is 23.1 Å². The van der Waals surface area contributed by atoms with E-state index in [2.05, 4.69) is 52.3 Å². The number of hydrogen-bond donors (Lipinski definition) is 0. The predicted octanol–water partition coefficient (Wildman–Crippen LogP) is 7.24. The highest BCUT2D eigenvalue weighted by atomic mass is 16.5. The summed E-state index contributed by atoms with van der Waals surface area (Å²) in [6.07, 6.45) is 8.98. The molecule has 2 saturated heterocycles. The lowest BCUT2D eigenvalue weighted by atomic mass is 9.43. The Balaban J connectivity index is 1.17. The highest BCUT2D eigenvalue weighted by Gasteiger charge is 2.76. The van der Waals surface area contributed by atoms with Gasteiger partial charge in [-0.2, -0.15) is 0 Å². The molecule has 0 N–H and O–H groups in total. The van der Waals surface area contributed by atoms with Gasteiger partial charge < -0.3 is 14.2 Å². The molecule has 5 unspecified atom stereocenters. The fraction of sp³-hybridized carbons (Fsp3) is 0.525. The van der Waals surface area contributed by atoms with Crippen LogP contribution in [0.15, 0.2) is 66.7 Å². The molecule has 0 spiro atoms. The highest BCUT2D eigenvalue weighted by molar-refractivity contribution is 5.89.